The molecule has 1 nitrogen and oxygen atoms in total. The van der Waals surface area contributed by atoms with E-state index in [1.165, 1.54) is 44.9 Å². The van der Waals surface area contributed by atoms with Crippen LogP contribution in [0.5, 0.6) is 0 Å². The maximum Gasteiger partial charge on any atom is 0.361 e. The number of ether oxygens (including phenoxy) is 1. The van der Waals surface area contributed by atoms with Gasteiger partial charge in [-0.2, -0.15) is 8.78 Å². The number of rotatable bonds is 5. The van der Waals surface area contributed by atoms with Crippen LogP contribution in [0, 0.1) is 41.4 Å². The fraction of sp³-hybridized carbons (Fsp3) is 0.920. The molecule has 0 radical (unpaired) electrons. The lowest BCUT2D eigenvalue weighted by Crippen LogP contribution is -2.61. The number of hydrogen-bond acceptors (Lipinski definition) is 1. The van der Waals surface area contributed by atoms with Crippen LogP contribution < -0.4 is 0 Å². The van der Waals surface area contributed by atoms with E-state index in [2.05, 4.69) is 13.5 Å². The maximum absolute atomic E-state index is 14.4. The van der Waals surface area contributed by atoms with Crippen LogP contribution in [0.15, 0.2) is 12.7 Å². The van der Waals surface area contributed by atoms with Gasteiger partial charge >= 0.3 is 6.11 Å². The van der Waals surface area contributed by atoms with Gasteiger partial charge in [0.15, 0.2) is 0 Å². The van der Waals surface area contributed by atoms with Crippen molar-refractivity contribution < 1.29 is 13.5 Å². The zero-order valence-corrected chi connectivity index (χ0v) is 17.8. The van der Waals surface area contributed by atoms with Crippen LogP contribution in [0.1, 0.15) is 90.4 Å². The molecule has 0 amide bonds. The topological polar surface area (TPSA) is 9.23 Å². The highest BCUT2D eigenvalue weighted by Crippen LogP contribution is 2.55. The third-order valence-electron chi connectivity index (χ3n) is 9.11. The normalized spacial score (nSPS) is 46.5. The van der Waals surface area contributed by atoms with Crippen LogP contribution in [-0.2, 0) is 4.74 Å². The average molecular weight is 395 g/mol. The molecule has 0 aromatic heterocycles. The number of hydrogen-bond donors (Lipinski definition) is 0. The molecule has 0 spiro atoms. The summed E-state index contributed by atoms with van der Waals surface area (Å²) >= 11 is 0. The Hall–Kier alpha value is -0.440. The summed E-state index contributed by atoms with van der Waals surface area (Å²) < 4.78 is 34.0. The van der Waals surface area contributed by atoms with Crippen molar-refractivity contribution in [3.8, 4) is 0 Å². The zero-order valence-electron chi connectivity index (χ0n) is 17.8. The third-order valence-corrected chi connectivity index (χ3v) is 9.11. The van der Waals surface area contributed by atoms with Gasteiger partial charge < -0.3 is 4.74 Å². The molecule has 2 atom stereocenters. The second kappa shape index (κ2) is 8.74. The van der Waals surface area contributed by atoms with Gasteiger partial charge in [-0.1, -0.05) is 32.3 Å². The summed E-state index contributed by atoms with van der Waals surface area (Å²) in [5.74, 6) is 3.21. The molecule has 0 aromatic carbocycles. The van der Waals surface area contributed by atoms with Gasteiger partial charge in [-0.3, -0.25) is 0 Å². The molecular formula is C25H40F2O. The Morgan fingerprint density at radius 3 is 1.79 bits per heavy atom. The summed E-state index contributed by atoms with van der Waals surface area (Å²) in [5.41, 5.74) is 0. The molecule has 3 heteroatoms. The molecule has 1 aliphatic heterocycles. The van der Waals surface area contributed by atoms with Crippen LogP contribution >= 0.6 is 0 Å². The van der Waals surface area contributed by atoms with Crippen molar-refractivity contribution in [3.05, 3.63) is 12.7 Å². The molecule has 4 rings (SSSR count). The van der Waals surface area contributed by atoms with E-state index in [-0.39, 0.29) is 12.0 Å². The van der Waals surface area contributed by atoms with E-state index in [0.717, 1.165) is 56.3 Å². The van der Waals surface area contributed by atoms with Crippen molar-refractivity contribution in [1.29, 1.82) is 0 Å². The number of allylic oxidation sites excluding steroid dienone is 1. The molecule has 3 saturated carbocycles. The van der Waals surface area contributed by atoms with Gasteiger partial charge in [-0.05, 0) is 99.7 Å². The quantitative estimate of drug-likeness (QED) is 0.436. The first kappa shape index (κ1) is 20.8. The van der Waals surface area contributed by atoms with Crippen molar-refractivity contribution in [2.75, 3.05) is 0 Å². The van der Waals surface area contributed by atoms with Gasteiger partial charge in [-0.25, -0.2) is 0 Å². The molecule has 160 valence electrons. The van der Waals surface area contributed by atoms with E-state index in [1.807, 2.05) is 6.08 Å². The van der Waals surface area contributed by atoms with E-state index in [4.69, 9.17) is 4.74 Å². The summed E-state index contributed by atoms with van der Waals surface area (Å²) in [7, 11) is 0. The second-order valence-electron chi connectivity index (χ2n) is 10.4. The predicted octanol–water partition coefficient (Wildman–Crippen LogP) is 7.61. The van der Waals surface area contributed by atoms with E-state index >= 15 is 0 Å². The highest BCUT2D eigenvalue weighted by atomic mass is 19.3. The van der Waals surface area contributed by atoms with Crippen molar-refractivity contribution in [2.45, 2.75) is 103 Å². The third kappa shape index (κ3) is 4.20. The SMILES string of the molecule is C=CC1CCC([C@H]2[C@H](C3CCC(C4CCC(CC)CC4)CC3)OC2(F)F)CC1. The average Bonchev–Trinajstić information content (AvgIpc) is 2.73. The van der Waals surface area contributed by atoms with Crippen LogP contribution in [0.2, 0.25) is 0 Å². The highest BCUT2D eigenvalue weighted by Gasteiger charge is 2.62. The van der Waals surface area contributed by atoms with Crippen LogP contribution in [0.4, 0.5) is 8.78 Å². The molecule has 0 bridgehead atoms. The van der Waals surface area contributed by atoms with Gasteiger partial charge in [0.25, 0.3) is 0 Å². The van der Waals surface area contributed by atoms with E-state index in [1.54, 1.807) is 0 Å². The first-order chi connectivity index (χ1) is 13.5. The number of halogens is 2. The van der Waals surface area contributed by atoms with Crippen molar-refractivity contribution in [3.63, 3.8) is 0 Å². The van der Waals surface area contributed by atoms with Gasteiger partial charge in [0.05, 0.1) is 12.0 Å². The minimum atomic E-state index is -2.88. The molecule has 4 fully saturated rings. The lowest BCUT2D eigenvalue weighted by Gasteiger charge is -2.53. The zero-order chi connectivity index (χ0) is 19.7. The molecule has 1 heterocycles. The Labute approximate surface area is 170 Å². The monoisotopic (exact) mass is 394 g/mol. The second-order valence-corrected chi connectivity index (χ2v) is 10.4. The minimum Gasteiger partial charge on any atom is -0.316 e. The van der Waals surface area contributed by atoms with Gasteiger partial charge in [0.2, 0.25) is 0 Å². The Morgan fingerprint density at radius 2 is 1.29 bits per heavy atom. The summed E-state index contributed by atoms with van der Waals surface area (Å²) in [6, 6.07) is 0. The number of alkyl halides is 2. The molecular weight excluding hydrogens is 354 g/mol. The molecule has 4 aliphatic rings. The molecule has 1 saturated heterocycles. The molecule has 28 heavy (non-hydrogen) atoms. The van der Waals surface area contributed by atoms with Crippen LogP contribution in [0.3, 0.4) is 0 Å². The first-order valence-corrected chi connectivity index (χ1v) is 12.2. The standard InChI is InChI=1S/C25H40F2O/c1-3-17-5-9-19(10-6-17)20-13-15-22(16-14-20)24-23(25(26,27)28-24)21-11-7-18(4-2)8-12-21/h4,17-24H,2-3,5-16H2,1H3/t17?,18?,19?,20?,21?,22?,23-,24-/m0/s1. The summed E-state index contributed by atoms with van der Waals surface area (Å²) in [6.45, 7) is 6.21. The smallest absolute Gasteiger partial charge is 0.316 e. The van der Waals surface area contributed by atoms with Crippen molar-refractivity contribution in [2.24, 2.45) is 41.4 Å². The Bertz CT molecular complexity index is 509. The van der Waals surface area contributed by atoms with Gasteiger partial charge in [-0.15, -0.1) is 6.58 Å². The fourth-order valence-electron chi connectivity index (χ4n) is 7.14. The summed E-state index contributed by atoms with van der Waals surface area (Å²) in [6.07, 6.45) is 14.5. The van der Waals surface area contributed by atoms with Gasteiger partial charge in [0.1, 0.15) is 0 Å². The fourth-order valence-corrected chi connectivity index (χ4v) is 7.14. The van der Waals surface area contributed by atoms with E-state index in [0.29, 0.717) is 11.8 Å². The molecule has 0 aromatic rings. The maximum atomic E-state index is 14.4. The lowest BCUT2D eigenvalue weighted by atomic mass is 9.64. The molecule has 0 unspecified atom stereocenters. The van der Waals surface area contributed by atoms with Crippen molar-refractivity contribution >= 4 is 0 Å². The molecule has 0 N–H and O–H groups in total. The Kier molecular flexibility index (Phi) is 6.50. The highest BCUT2D eigenvalue weighted by molar-refractivity contribution is 4.99. The minimum absolute atomic E-state index is 0.145. The summed E-state index contributed by atoms with van der Waals surface area (Å²) in [4.78, 5) is 0. The van der Waals surface area contributed by atoms with E-state index < -0.39 is 12.0 Å². The van der Waals surface area contributed by atoms with Gasteiger partial charge in [0, 0.05) is 0 Å². The van der Waals surface area contributed by atoms with Crippen LogP contribution in [0.25, 0.3) is 0 Å². The largest absolute Gasteiger partial charge is 0.361 e. The first-order valence-electron chi connectivity index (χ1n) is 12.2. The lowest BCUT2D eigenvalue weighted by molar-refractivity contribution is -0.418. The predicted molar refractivity (Wildman–Crippen MR) is 110 cm³/mol. The summed E-state index contributed by atoms with van der Waals surface area (Å²) in [5, 5.41) is 0. The molecule has 3 aliphatic carbocycles. The van der Waals surface area contributed by atoms with Crippen molar-refractivity contribution in [1.82, 2.24) is 0 Å². The van der Waals surface area contributed by atoms with E-state index in [9.17, 15) is 8.78 Å². The Morgan fingerprint density at radius 1 is 0.786 bits per heavy atom. The van der Waals surface area contributed by atoms with Crippen LogP contribution in [-0.4, -0.2) is 12.2 Å². The Balaban J connectivity index is 1.29.